The van der Waals surface area contributed by atoms with Crippen LogP contribution in [0.4, 0.5) is 0 Å². The molecule has 20 heavy (non-hydrogen) atoms. The lowest BCUT2D eigenvalue weighted by Gasteiger charge is -2.13. The molecule has 0 atom stereocenters. The van der Waals surface area contributed by atoms with Gasteiger partial charge in [0.25, 0.3) is 0 Å². The van der Waals surface area contributed by atoms with Crippen molar-refractivity contribution in [1.82, 2.24) is 15.0 Å². The lowest BCUT2D eigenvalue weighted by atomic mass is 10.0. The van der Waals surface area contributed by atoms with Crippen molar-refractivity contribution in [3.05, 3.63) is 37.8 Å². The molecule has 0 saturated heterocycles. The van der Waals surface area contributed by atoms with Crippen molar-refractivity contribution in [2.75, 3.05) is 0 Å². The molecule has 2 aromatic heterocycles. The van der Waals surface area contributed by atoms with Crippen LogP contribution < -0.4 is 0 Å². The van der Waals surface area contributed by atoms with Gasteiger partial charge in [0, 0.05) is 12.1 Å². The minimum absolute atomic E-state index is 0.494. The fraction of sp³-hybridized carbons (Fsp3) is 0.357. The monoisotopic (exact) mass is 419 g/mol. The van der Waals surface area contributed by atoms with Crippen molar-refractivity contribution in [1.29, 1.82) is 0 Å². The minimum atomic E-state index is 0.494. The van der Waals surface area contributed by atoms with E-state index < -0.39 is 0 Å². The van der Waals surface area contributed by atoms with Crippen LogP contribution in [0.25, 0.3) is 11.5 Å². The van der Waals surface area contributed by atoms with Gasteiger partial charge in [-0.25, -0.2) is 9.97 Å². The molecule has 0 aliphatic heterocycles. The van der Waals surface area contributed by atoms with E-state index in [0.717, 1.165) is 9.26 Å². The van der Waals surface area contributed by atoms with Crippen LogP contribution in [-0.2, 0) is 0 Å². The topological polar surface area (TPSA) is 38.7 Å². The Kier molecular flexibility index (Phi) is 4.43. The van der Waals surface area contributed by atoms with Crippen LogP contribution in [0.3, 0.4) is 0 Å². The smallest absolute Gasteiger partial charge is 0.179 e. The van der Waals surface area contributed by atoms with Crippen LogP contribution in [0.15, 0.2) is 18.3 Å². The van der Waals surface area contributed by atoms with Gasteiger partial charge in [0.1, 0.15) is 10.8 Å². The second kappa shape index (κ2) is 6.12. The summed E-state index contributed by atoms with van der Waals surface area (Å²) in [4.78, 5) is 13.3. The Bertz CT molecular complexity index is 625. The summed E-state index contributed by atoms with van der Waals surface area (Å²) in [5.74, 6) is 1.07. The highest BCUT2D eigenvalue weighted by molar-refractivity contribution is 14.1. The zero-order valence-electron chi connectivity index (χ0n) is 10.6. The van der Waals surface area contributed by atoms with E-state index in [9.17, 15) is 0 Å². The molecule has 0 aromatic carbocycles. The molecular weight excluding hydrogens is 408 g/mol. The van der Waals surface area contributed by atoms with E-state index in [1.807, 2.05) is 6.07 Å². The Balaban J connectivity index is 2.05. The third-order valence-corrected chi connectivity index (χ3v) is 5.41. The number of hydrogen-bond donors (Lipinski definition) is 0. The first-order valence-electron chi connectivity index (χ1n) is 6.50. The van der Waals surface area contributed by atoms with E-state index in [1.54, 1.807) is 12.3 Å². The molecule has 1 aliphatic carbocycles. The van der Waals surface area contributed by atoms with Gasteiger partial charge in [-0.3, -0.25) is 4.98 Å². The first-order chi connectivity index (χ1) is 9.65. The summed E-state index contributed by atoms with van der Waals surface area (Å²) in [6, 6.07) is 3.60. The van der Waals surface area contributed by atoms with Crippen LogP contribution in [0.2, 0.25) is 10.2 Å². The zero-order valence-corrected chi connectivity index (χ0v) is 14.3. The molecule has 1 fully saturated rings. The van der Waals surface area contributed by atoms with Crippen molar-refractivity contribution >= 4 is 45.8 Å². The molecule has 6 heteroatoms. The molecule has 0 bridgehead atoms. The molecule has 0 spiro atoms. The quantitative estimate of drug-likeness (QED) is 0.501. The van der Waals surface area contributed by atoms with Crippen molar-refractivity contribution in [2.45, 2.75) is 31.6 Å². The van der Waals surface area contributed by atoms with Gasteiger partial charge in [-0.2, -0.15) is 0 Å². The summed E-state index contributed by atoms with van der Waals surface area (Å²) in [6.07, 6.45) is 6.48. The zero-order chi connectivity index (χ0) is 14.1. The van der Waals surface area contributed by atoms with Crippen LogP contribution in [0, 0.1) is 3.57 Å². The van der Waals surface area contributed by atoms with Crippen LogP contribution in [0.5, 0.6) is 0 Å². The Morgan fingerprint density at radius 3 is 2.50 bits per heavy atom. The van der Waals surface area contributed by atoms with Gasteiger partial charge < -0.3 is 0 Å². The number of pyridine rings is 1. The summed E-state index contributed by atoms with van der Waals surface area (Å²) in [5.41, 5.74) is 1.77. The number of halogens is 3. The molecule has 2 aromatic rings. The van der Waals surface area contributed by atoms with E-state index in [1.165, 1.54) is 25.7 Å². The van der Waals surface area contributed by atoms with Crippen LogP contribution in [0.1, 0.15) is 37.3 Å². The number of hydrogen-bond acceptors (Lipinski definition) is 3. The Labute approximate surface area is 141 Å². The Morgan fingerprint density at radius 1 is 1.10 bits per heavy atom. The largest absolute Gasteiger partial charge is 0.251 e. The van der Waals surface area contributed by atoms with E-state index >= 15 is 0 Å². The predicted molar refractivity (Wildman–Crippen MR) is 89.2 cm³/mol. The second-order valence-electron chi connectivity index (χ2n) is 4.88. The maximum Gasteiger partial charge on any atom is 0.179 e. The fourth-order valence-electron chi connectivity index (χ4n) is 2.53. The molecule has 3 nitrogen and oxygen atoms in total. The summed E-state index contributed by atoms with van der Waals surface area (Å²) in [7, 11) is 0. The maximum absolute atomic E-state index is 6.27. The number of nitrogens with zero attached hydrogens (tertiary/aromatic N) is 3. The van der Waals surface area contributed by atoms with E-state index in [-0.39, 0.29) is 0 Å². The standard InChI is InChI=1S/C14H12Cl2IN3/c15-9-5-6-10(18-7-9)14-19-12(8-3-1-2-4-8)11(17)13(16)20-14/h5-8H,1-4H2. The summed E-state index contributed by atoms with van der Waals surface area (Å²) >= 11 is 14.4. The fourth-order valence-corrected chi connectivity index (χ4v) is 3.50. The van der Waals surface area contributed by atoms with E-state index in [2.05, 4.69) is 32.6 Å². The molecule has 0 radical (unpaired) electrons. The Hall–Kier alpha value is -0.460. The highest BCUT2D eigenvalue weighted by Gasteiger charge is 2.23. The minimum Gasteiger partial charge on any atom is -0.251 e. The third-order valence-electron chi connectivity index (χ3n) is 3.53. The van der Waals surface area contributed by atoms with Gasteiger partial charge in [-0.1, -0.05) is 36.0 Å². The molecule has 104 valence electrons. The molecule has 0 N–H and O–H groups in total. The SMILES string of the molecule is Clc1ccc(-c2nc(Cl)c(I)c(C3CCCC3)n2)nc1. The van der Waals surface area contributed by atoms with Crippen LogP contribution >= 0.6 is 45.8 Å². The molecule has 3 rings (SSSR count). The second-order valence-corrected chi connectivity index (χ2v) is 6.75. The van der Waals surface area contributed by atoms with Crippen molar-refractivity contribution in [3.8, 4) is 11.5 Å². The predicted octanol–water partition coefficient (Wildman–Crippen LogP) is 5.11. The molecule has 1 saturated carbocycles. The normalized spacial score (nSPS) is 15.8. The highest BCUT2D eigenvalue weighted by atomic mass is 127. The highest BCUT2D eigenvalue weighted by Crippen LogP contribution is 2.37. The lowest BCUT2D eigenvalue weighted by molar-refractivity contribution is 0.690. The number of rotatable bonds is 2. The van der Waals surface area contributed by atoms with E-state index in [0.29, 0.717) is 27.6 Å². The van der Waals surface area contributed by atoms with Gasteiger partial charge in [0.2, 0.25) is 0 Å². The van der Waals surface area contributed by atoms with Gasteiger partial charge in [-0.05, 0) is 47.6 Å². The van der Waals surface area contributed by atoms with Gasteiger partial charge in [0.05, 0.1) is 14.3 Å². The molecule has 1 aliphatic rings. The summed E-state index contributed by atoms with van der Waals surface area (Å²) < 4.78 is 0.967. The summed E-state index contributed by atoms with van der Waals surface area (Å²) in [5, 5.41) is 1.11. The lowest BCUT2D eigenvalue weighted by Crippen LogP contribution is -2.05. The van der Waals surface area contributed by atoms with Crippen LogP contribution in [-0.4, -0.2) is 15.0 Å². The summed E-state index contributed by atoms with van der Waals surface area (Å²) in [6.45, 7) is 0. The van der Waals surface area contributed by atoms with Gasteiger partial charge >= 0.3 is 0 Å². The van der Waals surface area contributed by atoms with E-state index in [4.69, 9.17) is 28.2 Å². The maximum atomic E-state index is 6.27. The van der Waals surface area contributed by atoms with Gasteiger partial charge in [-0.15, -0.1) is 0 Å². The Morgan fingerprint density at radius 2 is 1.85 bits per heavy atom. The molecular formula is C14H12Cl2IN3. The third kappa shape index (κ3) is 2.92. The first kappa shape index (κ1) is 14.5. The number of aromatic nitrogens is 3. The first-order valence-corrected chi connectivity index (χ1v) is 8.33. The molecule has 0 unspecified atom stereocenters. The van der Waals surface area contributed by atoms with Crippen molar-refractivity contribution in [2.24, 2.45) is 0 Å². The molecule has 2 heterocycles. The average Bonchev–Trinajstić information content (AvgIpc) is 2.96. The average molecular weight is 420 g/mol. The van der Waals surface area contributed by atoms with Gasteiger partial charge in [0.15, 0.2) is 5.82 Å². The van der Waals surface area contributed by atoms with Crippen molar-refractivity contribution in [3.63, 3.8) is 0 Å². The van der Waals surface area contributed by atoms with Crippen molar-refractivity contribution < 1.29 is 0 Å². The molecule has 0 amide bonds.